The fourth-order valence-corrected chi connectivity index (χ4v) is 2.53. The van der Waals surface area contributed by atoms with Crippen LogP contribution in [0.2, 0.25) is 0 Å². The quantitative estimate of drug-likeness (QED) is 0.442. The average molecular weight is 241 g/mol. The van der Waals surface area contributed by atoms with E-state index >= 15 is 0 Å². The van der Waals surface area contributed by atoms with Crippen LogP contribution >= 0.6 is 0 Å². The predicted octanol–water partition coefficient (Wildman–Crippen LogP) is 0.491. The number of rotatable bonds is 4. The van der Waals surface area contributed by atoms with Crippen LogP contribution in [0.4, 0.5) is 0 Å². The minimum atomic E-state index is 0.472. The van der Waals surface area contributed by atoms with E-state index in [1.165, 1.54) is 0 Å². The maximum absolute atomic E-state index is 8.50. The molecule has 0 aromatic carbocycles. The fraction of sp³-hybridized carbons (Fsp3) is 0.917. The Hall–Kier alpha value is -0.650. The van der Waals surface area contributed by atoms with Gasteiger partial charge in [0.25, 0.3) is 0 Å². The highest BCUT2D eigenvalue weighted by Gasteiger charge is 2.18. The van der Waals surface area contributed by atoms with Crippen molar-refractivity contribution in [2.24, 2.45) is 11.1 Å². The second-order valence-corrected chi connectivity index (χ2v) is 4.90. The topological polar surface area (TPSA) is 48.3 Å². The summed E-state index contributed by atoms with van der Waals surface area (Å²) in [6, 6.07) is 0. The van der Waals surface area contributed by atoms with E-state index in [4.69, 9.17) is 9.94 Å². The number of likely N-dealkylation sites (tertiary alicyclic amines) is 1. The summed E-state index contributed by atoms with van der Waals surface area (Å²) in [6.45, 7) is 8.48. The molecule has 1 N–H and O–H groups in total. The number of piperidine rings is 1. The Labute approximate surface area is 103 Å². The second-order valence-electron chi connectivity index (χ2n) is 4.90. The van der Waals surface area contributed by atoms with Gasteiger partial charge in [-0.1, -0.05) is 0 Å². The van der Waals surface area contributed by atoms with Crippen molar-refractivity contribution < 1.29 is 9.94 Å². The van der Waals surface area contributed by atoms with Crippen molar-refractivity contribution in [3.63, 3.8) is 0 Å². The molecule has 2 aliphatic rings. The lowest BCUT2D eigenvalue weighted by atomic mass is 9.98. The summed E-state index contributed by atoms with van der Waals surface area (Å²) in [4.78, 5) is 4.99. The van der Waals surface area contributed by atoms with Crippen molar-refractivity contribution in [3.8, 4) is 0 Å². The van der Waals surface area contributed by atoms with Crippen LogP contribution in [0.25, 0.3) is 0 Å². The summed E-state index contributed by atoms with van der Waals surface area (Å²) in [5, 5.41) is 11.6. The molecule has 0 unspecified atom stereocenters. The lowest BCUT2D eigenvalue weighted by Crippen LogP contribution is -2.43. The number of hydrogen-bond acceptors (Lipinski definition) is 5. The van der Waals surface area contributed by atoms with Gasteiger partial charge in [0.05, 0.1) is 13.2 Å². The van der Waals surface area contributed by atoms with Gasteiger partial charge in [-0.05, 0) is 31.8 Å². The first-order valence-electron chi connectivity index (χ1n) is 6.58. The van der Waals surface area contributed by atoms with Crippen molar-refractivity contribution in [1.29, 1.82) is 0 Å². The van der Waals surface area contributed by atoms with E-state index in [2.05, 4.69) is 15.0 Å². The SMILES string of the molecule is ON=CC1CCN(CCN2CCOCC2)CC1. The molecular formula is C12H23N3O2. The zero-order valence-corrected chi connectivity index (χ0v) is 10.4. The van der Waals surface area contributed by atoms with Gasteiger partial charge in [-0.2, -0.15) is 0 Å². The zero-order valence-electron chi connectivity index (χ0n) is 10.4. The maximum Gasteiger partial charge on any atom is 0.0594 e. The van der Waals surface area contributed by atoms with Crippen LogP contribution in [0.15, 0.2) is 5.16 Å². The van der Waals surface area contributed by atoms with Crippen LogP contribution in [0.3, 0.4) is 0 Å². The van der Waals surface area contributed by atoms with Crippen LogP contribution in [-0.2, 0) is 4.74 Å². The highest BCUT2D eigenvalue weighted by Crippen LogP contribution is 2.15. The van der Waals surface area contributed by atoms with Crippen LogP contribution < -0.4 is 0 Å². The second kappa shape index (κ2) is 6.93. The van der Waals surface area contributed by atoms with E-state index in [-0.39, 0.29) is 0 Å². The summed E-state index contributed by atoms with van der Waals surface area (Å²) in [6.07, 6.45) is 3.92. The van der Waals surface area contributed by atoms with Gasteiger partial charge in [0, 0.05) is 32.4 Å². The third kappa shape index (κ3) is 4.26. The monoisotopic (exact) mass is 241 g/mol. The molecule has 2 heterocycles. The number of nitrogens with zero attached hydrogens (tertiary/aromatic N) is 3. The van der Waals surface area contributed by atoms with E-state index in [0.717, 1.165) is 65.3 Å². The van der Waals surface area contributed by atoms with E-state index in [0.29, 0.717) is 5.92 Å². The van der Waals surface area contributed by atoms with Crippen LogP contribution in [0.1, 0.15) is 12.8 Å². The molecule has 98 valence electrons. The van der Waals surface area contributed by atoms with Crippen molar-refractivity contribution in [2.75, 3.05) is 52.5 Å². The molecule has 5 heteroatoms. The van der Waals surface area contributed by atoms with E-state index < -0.39 is 0 Å². The maximum atomic E-state index is 8.50. The Morgan fingerprint density at radius 3 is 2.24 bits per heavy atom. The number of morpholine rings is 1. The number of hydrogen-bond donors (Lipinski definition) is 1. The first kappa shape index (κ1) is 12.8. The summed E-state index contributed by atoms with van der Waals surface area (Å²) in [7, 11) is 0. The predicted molar refractivity (Wildman–Crippen MR) is 66.7 cm³/mol. The van der Waals surface area contributed by atoms with E-state index in [1.807, 2.05) is 0 Å². The third-order valence-electron chi connectivity index (χ3n) is 3.75. The van der Waals surface area contributed by atoms with Gasteiger partial charge in [0.2, 0.25) is 0 Å². The molecule has 5 nitrogen and oxygen atoms in total. The Morgan fingerprint density at radius 2 is 1.65 bits per heavy atom. The molecule has 2 rings (SSSR count). The van der Waals surface area contributed by atoms with E-state index in [9.17, 15) is 0 Å². The molecule has 0 bridgehead atoms. The van der Waals surface area contributed by atoms with Gasteiger partial charge in [0.15, 0.2) is 0 Å². The largest absolute Gasteiger partial charge is 0.411 e. The Morgan fingerprint density at radius 1 is 1.06 bits per heavy atom. The molecular weight excluding hydrogens is 218 g/mol. The summed E-state index contributed by atoms with van der Waals surface area (Å²) < 4.78 is 5.34. The number of oxime groups is 1. The lowest BCUT2D eigenvalue weighted by Gasteiger charge is -2.33. The van der Waals surface area contributed by atoms with Gasteiger partial charge in [-0.15, -0.1) is 5.16 Å². The molecule has 2 fully saturated rings. The summed E-state index contributed by atoms with van der Waals surface area (Å²) in [5.74, 6) is 0.472. The molecule has 2 saturated heterocycles. The normalized spacial score (nSPS) is 25.6. The molecule has 2 aliphatic heterocycles. The fourth-order valence-electron chi connectivity index (χ4n) is 2.53. The Kier molecular flexibility index (Phi) is 5.22. The molecule has 17 heavy (non-hydrogen) atoms. The Balaban J connectivity index is 1.61. The third-order valence-corrected chi connectivity index (χ3v) is 3.75. The molecule has 0 aromatic rings. The zero-order chi connectivity index (χ0) is 11.9. The summed E-state index contributed by atoms with van der Waals surface area (Å²) in [5.41, 5.74) is 0. The van der Waals surface area contributed by atoms with Gasteiger partial charge in [0.1, 0.15) is 0 Å². The van der Waals surface area contributed by atoms with Gasteiger partial charge >= 0.3 is 0 Å². The molecule has 0 aliphatic carbocycles. The molecule has 0 aromatic heterocycles. The van der Waals surface area contributed by atoms with Gasteiger partial charge in [-0.3, -0.25) is 4.90 Å². The van der Waals surface area contributed by atoms with Crippen molar-refractivity contribution in [1.82, 2.24) is 9.80 Å². The highest BCUT2D eigenvalue weighted by atomic mass is 16.5. The van der Waals surface area contributed by atoms with Crippen molar-refractivity contribution in [3.05, 3.63) is 0 Å². The highest BCUT2D eigenvalue weighted by molar-refractivity contribution is 5.59. The van der Waals surface area contributed by atoms with Crippen LogP contribution in [-0.4, -0.2) is 73.7 Å². The molecule has 0 saturated carbocycles. The lowest BCUT2D eigenvalue weighted by molar-refractivity contribution is 0.0320. The van der Waals surface area contributed by atoms with Crippen LogP contribution in [0, 0.1) is 5.92 Å². The molecule has 0 radical (unpaired) electrons. The smallest absolute Gasteiger partial charge is 0.0594 e. The average Bonchev–Trinajstić information content (AvgIpc) is 2.40. The van der Waals surface area contributed by atoms with Crippen molar-refractivity contribution >= 4 is 6.21 Å². The first-order chi connectivity index (χ1) is 8.38. The Bertz CT molecular complexity index is 234. The van der Waals surface area contributed by atoms with Gasteiger partial charge in [-0.25, -0.2) is 0 Å². The van der Waals surface area contributed by atoms with E-state index in [1.54, 1.807) is 6.21 Å². The number of ether oxygens (including phenoxy) is 1. The van der Waals surface area contributed by atoms with Crippen LogP contribution in [0.5, 0.6) is 0 Å². The molecule has 0 spiro atoms. The molecule has 0 amide bonds. The standard InChI is InChI=1S/C12H23N3O2/c16-13-11-12-1-3-14(4-2-12)5-6-15-7-9-17-10-8-15/h11-12,16H,1-10H2. The summed E-state index contributed by atoms with van der Waals surface area (Å²) >= 11 is 0. The van der Waals surface area contributed by atoms with Crippen molar-refractivity contribution in [2.45, 2.75) is 12.8 Å². The minimum Gasteiger partial charge on any atom is -0.411 e. The molecule has 0 atom stereocenters. The first-order valence-corrected chi connectivity index (χ1v) is 6.58. The van der Waals surface area contributed by atoms with Gasteiger partial charge < -0.3 is 14.8 Å². The minimum absolute atomic E-state index is 0.472.